The van der Waals surface area contributed by atoms with E-state index in [1.54, 1.807) is 7.11 Å². The summed E-state index contributed by atoms with van der Waals surface area (Å²) < 4.78 is 4.90. The Hall–Kier alpha value is -0.570. The van der Waals surface area contributed by atoms with Gasteiger partial charge >= 0.3 is 0 Å². The van der Waals surface area contributed by atoms with Gasteiger partial charge in [-0.1, -0.05) is 19.3 Å². The predicted octanol–water partition coefficient (Wildman–Crippen LogP) is 1.67. The van der Waals surface area contributed by atoms with Gasteiger partial charge in [-0.05, 0) is 24.7 Å². The third-order valence-electron chi connectivity index (χ3n) is 3.91. The summed E-state index contributed by atoms with van der Waals surface area (Å²) in [6.45, 7) is 2.17. The van der Waals surface area contributed by atoms with Crippen LogP contribution in [0.4, 0.5) is 0 Å². The lowest BCUT2D eigenvalue weighted by molar-refractivity contribution is -0.138. The second-order valence-corrected chi connectivity index (χ2v) is 4.87. The second-order valence-electron chi connectivity index (χ2n) is 4.87. The zero-order valence-corrected chi connectivity index (χ0v) is 9.58. The smallest absolute Gasteiger partial charge is 0.248 e. The second kappa shape index (κ2) is 4.97. The van der Waals surface area contributed by atoms with Crippen molar-refractivity contribution in [3.63, 3.8) is 0 Å². The van der Waals surface area contributed by atoms with Crippen molar-refractivity contribution in [3.8, 4) is 0 Å². The number of fused-ring (bicyclic) bond motifs is 1. The minimum absolute atomic E-state index is 0.168. The van der Waals surface area contributed by atoms with Gasteiger partial charge in [0, 0.05) is 20.2 Å². The van der Waals surface area contributed by atoms with Crippen LogP contribution in [0.5, 0.6) is 0 Å². The Morgan fingerprint density at radius 1 is 1.27 bits per heavy atom. The molecule has 0 N–H and O–H groups in total. The monoisotopic (exact) mass is 211 g/mol. The molecule has 0 aromatic heterocycles. The summed E-state index contributed by atoms with van der Waals surface area (Å²) in [4.78, 5) is 13.7. The van der Waals surface area contributed by atoms with Crippen LogP contribution < -0.4 is 0 Å². The highest BCUT2D eigenvalue weighted by atomic mass is 16.5. The number of carbonyl (C=O) groups excluding carboxylic acids is 1. The van der Waals surface area contributed by atoms with Crippen molar-refractivity contribution < 1.29 is 9.53 Å². The maximum absolute atomic E-state index is 11.7. The summed E-state index contributed by atoms with van der Waals surface area (Å²) >= 11 is 0. The Bertz CT molecular complexity index is 230. The molecule has 1 saturated carbocycles. The molecule has 1 amide bonds. The number of likely N-dealkylation sites (tertiary alicyclic amines) is 1. The summed E-state index contributed by atoms with van der Waals surface area (Å²) in [5, 5.41) is 0. The van der Waals surface area contributed by atoms with Crippen molar-refractivity contribution in [1.29, 1.82) is 0 Å². The summed E-state index contributed by atoms with van der Waals surface area (Å²) in [6, 6.07) is 0. The molecular weight excluding hydrogens is 190 g/mol. The van der Waals surface area contributed by atoms with Crippen LogP contribution in [0.25, 0.3) is 0 Å². The summed E-state index contributed by atoms with van der Waals surface area (Å²) in [5.41, 5.74) is 0. The van der Waals surface area contributed by atoms with E-state index >= 15 is 0 Å². The van der Waals surface area contributed by atoms with Gasteiger partial charge in [-0.25, -0.2) is 0 Å². The van der Waals surface area contributed by atoms with Gasteiger partial charge in [0.15, 0.2) is 0 Å². The minimum atomic E-state index is 0.168. The van der Waals surface area contributed by atoms with E-state index in [4.69, 9.17) is 4.74 Å². The van der Waals surface area contributed by atoms with E-state index in [0.717, 1.165) is 24.9 Å². The first-order valence-electron chi connectivity index (χ1n) is 6.08. The molecule has 1 heterocycles. The topological polar surface area (TPSA) is 29.5 Å². The molecule has 1 saturated heterocycles. The summed E-state index contributed by atoms with van der Waals surface area (Å²) in [7, 11) is 1.59. The van der Waals surface area contributed by atoms with Gasteiger partial charge in [-0.2, -0.15) is 0 Å². The Kier molecular flexibility index (Phi) is 3.62. The molecule has 3 heteroatoms. The standard InChI is InChI=1S/C12H21NO2/c1-15-9-12(14)13-7-6-10-4-2-3-5-11(10)8-13/h10-11H,2-9H2,1H3. The maximum atomic E-state index is 11.7. The van der Waals surface area contributed by atoms with Gasteiger partial charge in [0.25, 0.3) is 0 Å². The van der Waals surface area contributed by atoms with Crippen molar-refractivity contribution in [2.45, 2.75) is 32.1 Å². The third-order valence-corrected chi connectivity index (χ3v) is 3.91. The van der Waals surface area contributed by atoms with E-state index in [2.05, 4.69) is 0 Å². The van der Waals surface area contributed by atoms with Gasteiger partial charge in [-0.15, -0.1) is 0 Å². The molecule has 15 heavy (non-hydrogen) atoms. The van der Waals surface area contributed by atoms with Crippen molar-refractivity contribution in [2.24, 2.45) is 11.8 Å². The highest BCUT2D eigenvalue weighted by Gasteiger charge is 2.32. The molecule has 2 aliphatic rings. The van der Waals surface area contributed by atoms with Crippen LogP contribution in [0.3, 0.4) is 0 Å². The number of rotatable bonds is 2. The Morgan fingerprint density at radius 2 is 2.00 bits per heavy atom. The number of hydrogen-bond donors (Lipinski definition) is 0. The first-order chi connectivity index (χ1) is 7.31. The van der Waals surface area contributed by atoms with E-state index in [1.807, 2.05) is 4.90 Å². The van der Waals surface area contributed by atoms with Gasteiger partial charge in [0.2, 0.25) is 5.91 Å². The quantitative estimate of drug-likeness (QED) is 0.695. The van der Waals surface area contributed by atoms with E-state index in [9.17, 15) is 4.79 Å². The summed E-state index contributed by atoms with van der Waals surface area (Å²) in [6.07, 6.45) is 6.67. The fourth-order valence-corrected chi connectivity index (χ4v) is 3.04. The fraction of sp³-hybridized carbons (Fsp3) is 0.917. The maximum Gasteiger partial charge on any atom is 0.248 e. The molecule has 2 unspecified atom stereocenters. The van der Waals surface area contributed by atoms with Crippen LogP contribution in [0, 0.1) is 11.8 Å². The first-order valence-corrected chi connectivity index (χ1v) is 6.08. The van der Waals surface area contributed by atoms with Crippen LogP contribution in [-0.2, 0) is 9.53 Å². The molecule has 0 radical (unpaired) electrons. The summed E-state index contributed by atoms with van der Waals surface area (Å²) in [5.74, 6) is 1.83. The molecule has 0 aromatic rings. The molecule has 2 rings (SSSR count). The van der Waals surface area contributed by atoms with Crippen LogP contribution >= 0.6 is 0 Å². The molecule has 0 bridgehead atoms. The van der Waals surface area contributed by atoms with Crippen LogP contribution in [0.1, 0.15) is 32.1 Å². The van der Waals surface area contributed by atoms with Crippen LogP contribution in [-0.4, -0.2) is 37.6 Å². The SMILES string of the molecule is COCC(=O)N1CCC2CCCCC2C1. The first kappa shape index (κ1) is 10.9. The largest absolute Gasteiger partial charge is 0.375 e. The lowest BCUT2D eigenvalue weighted by atomic mass is 9.75. The number of methoxy groups -OCH3 is 1. The number of piperidine rings is 1. The average molecular weight is 211 g/mol. The molecule has 0 aromatic carbocycles. The Labute approximate surface area is 91.8 Å². The fourth-order valence-electron chi connectivity index (χ4n) is 3.04. The number of carbonyl (C=O) groups is 1. The van der Waals surface area contributed by atoms with Gasteiger partial charge < -0.3 is 9.64 Å². The van der Waals surface area contributed by atoms with Gasteiger partial charge in [-0.3, -0.25) is 4.79 Å². The minimum Gasteiger partial charge on any atom is -0.375 e. The number of nitrogens with zero attached hydrogens (tertiary/aromatic N) is 1. The van der Waals surface area contributed by atoms with Crippen molar-refractivity contribution >= 4 is 5.91 Å². The Balaban J connectivity index is 1.87. The molecule has 3 nitrogen and oxygen atoms in total. The molecule has 0 spiro atoms. The zero-order chi connectivity index (χ0) is 10.7. The van der Waals surface area contributed by atoms with Crippen molar-refractivity contribution in [3.05, 3.63) is 0 Å². The van der Waals surface area contributed by atoms with Crippen LogP contribution in [0.15, 0.2) is 0 Å². The van der Waals surface area contributed by atoms with Crippen molar-refractivity contribution in [1.82, 2.24) is 4.90 Å². The zero-order valence-electron chi connectivity index (χ0n) is 9.58. The highest BCUT2D eigenvalue weighted by molar-refractivity contribution is 5.77. The molecule has 2 fully saturated rings. The van der Waals surface area contributed by atoms with Crippen molar-refractivity contribution in [2.75, 3.05) is 26.8 Å². The lowest BCUT2D eigenvalue weighted by Crippen LogP contribution is -2.45. The molecule has 1 aliphatic heterocycles. The Morgan fingerprint density at radius 3 is 2.73 bits per heavy atom. The number of hydrogen-bond acceptors (Lipinski definition) is 2. The number of ether oxygens (including phenoxy) is 1. The normalized spacial score (nSPS) is 31.1. The van der Waals surface area contributed by atoms with E-state index in [1.165, 1.54) is 32.1 Å². The lowest BCUT2D eigenvalue weighted by Gasteiger charge is -2.41. The van der Waals surface area contributed by atoms with E-state index in [-0.39, 0.29) is 12.5 Å². The van der Waals surface area contributed by atoms with E-state index < -0.39 is 0 Å². The molecule has 86 valence electrons. The third kappa shape index (κ3) is 2.51. The van der Waals surface area contributed by atoms with Crippen LogP contribution in [0.2, 0.25) is 0 Å². The van der Waals surface area contributed by atoms with E-state index in [0.29, 0.717) is 0 Å². The van der Waals surface area contributed by atoms with Gasteiger partial charge in [0.05, 0.1) is 0 Å². The molecule has 1 aliphatic carbocycles. The predicted molar refractivity (Wildman–Crippen MR) is 58.5 cm³/mol. The van der Waals surface area contributed by atoms with Gasteiger partial charge in [0.1, 0.15) is 6.61 Å². The average Bonchev–Trinajstić information content (AvgIpc) is 2.29. The molecular formula is C12H21NO2. The molecule has 2 atom stereocenters. The highest BCUT2D eigenvalue weighted by Crippen LogP contribution is 2.35. The number of amides is 1.